The first kappa shape index (κ1) is 24.7. The van der Waals surface area contributed by atoms with Crippen molar-refractivity contribution in [2.45, 2.75) is 82.5 Å². The van der Waals surface area contributed by atoms with E-state index in [0.717, 1.165) is 67.7 Å². The minimum absolute atomic E-state index is 0.360. The van der Waals surface area contributed by atoms with Crippen LogP contribution in [0.5, 0.6) is 0 Å². The monoisotopic (exact) mass is 501 g/mol. The standard InChI is InChI=1S/C30H39N5O2/c1-20(2)21-6-8-23(9-7-21)30(37,28(3)18-34(4)19-28)24-14-22(16-31-17-24)27-32-26(15-29(36)12-5-13-29)35(33-27)25-10-11-25/h6-9,14,16-17,20,25,36-37H,5,10-13,15,18-19H2,1-4H3. The SMILES string of the molecule is CC(C)c1ccc(C(O)(c2cncc(-c3nc(CC4(O)CCC4)n(C4CC4)n3)c2)C2(C)CN(C)C2)cc1. The van der Waals surface area contributed by atoms with Gasteiger partial charge >= 0.3 is 0 Å². The molecule has 1 aliphatic heterocycles. The Morgan fingerprint density at radius 1 is 1.08 bits per heavy atom. The van der Waals surface area contributed by atoms with Crippen molar-refractivity contribution in [3.05, 3.63) is 65.2 Å². The second-order valence-corrected chi connectivity index (χ2v) is 12.5. The highest BCUT2D eigenvalue weighted by Gasteiger charge is 2.55. The van der Waals surface area contributed by atoms with Gasteiger partial charge in [-0.3, -0.25) is 4.98 Å². The molecule has 2 N–H and O–H groups in total. The van der Waals surface area contributed by atoms with E-state index in [-0.39, 0.29) is 5.41 Å². The van der Waals surface area contributed by atoms with E-state index in [0.29, 0.717) is 24.2 Å². The lowest BCUT2D eigenvalue weighted by Crippen LogP contribution is -2.63. The summed E-state index contributed by atoms with van der Waals surface area (Å²) in [5.74, 6) is 1.90. The highest BCUT2D eigenvalue weighted by Crippen LogP contribution is 2.50. The zero-order valence-corrected chi connectivity index (χ0v) is 22.5. The third-order valence-electron chi connectivity index (χ3n) is 8.89. The third-order valence-corrected chi connectivity index (χ3v) is 8.89. The van der Waals surface area contributed by atoms with Gasteiger partial charge in [0.05, 0.1) is 11.6 Å². The number of aromatic nitrogens is 4. The fourth-order valence-electron chi connectivity index (χ4n) is 6.37. The molecule has 1 unspecified atom stereocenters. The predicted molar refractivity (Wildman–Crippen MR) is 143 cm³/mol. The Morgan fingerprint density at radius 2 is 1.78 bits per heavy atom. The molecule has 2 aliphatic carbocycles. The van der Waals surface area contributed by atoms with Crippen LogP contribution in [0.2, 0.25) is 0 Å². The van der Waals surface area contributed by atoms with Crippen molar-refractivity contribution >= 4 is 0 Å². The molecular weight excluding hydrogens is 462 g/mol. The zero-order chi connectivity index (χ0) is 26.0. The number of hydrogen-bond acceptors (Lipinski definition) is 6. The number of pyridine rings is 1. The van der Waals surface area contributed by atoms with Gasteiger partial charge < -0.3 is 15.1 Å². The molecular formula is C30H39N5O2. The molecule has 3 fully saturated rings. The maximum Gasteiger partial charge on any atom is 0.182 e. The van der Waals surface area contributed by atoms with Gasteiger partial charge in [0, 0.05) is 48.4 Å². The van der Waals surface area contributed by atoms with Crippen LogP contribution >= 0.6 is 0 Å². The first-order valence-electron chi connectivity index (χ1n) is 13.8. The van der Waals surface area contributed by atoms with Gasteiger partial charge in [-0.1, -0.05) is 45.0 Å². The van der Waals surface area contributed by atoms with Crippen molar-refractivity contribution in [3.8, 4) is 11.4 Å². The van der Waals surface area contributed by atoms with Crippen LogP contribution in [0.25, 0.3) is 11.4 Å². The molecule has 3 aliphatic rings. The fraction of sp³-hybridized carbons (Fsp3) is 0.567. The summed E-state index contributed by atoms with van der Waals surface area (Å²) in [4.78, 5) is 11.7. The van der Waals surface area contributed by atoms with E-state index in [1.54, 1.807) is 12.4 Å². The molecule has 6 rings (SSSR count). The van der Waals surface area contributed by atoms with E-state index in [2.05, 4.69) is 62.0 Å². The van der Waals surface area contributed by atoms with E-state index in [1.807, 2.05) is 10.7 Å². The van der Waals surface area contributed by atoms with Crippen LogP contribution in [-0.4, -0.2) is 60.6 Å². The van der Waals surface area contributed by atoms with Crippen LogP contribution in [0.1, 0.15) is 87.3 Å². The molecule has 0 radical (unpaired) electrons. The second-order valence-electron chi connectivity index (χ2n) is 12.5. The van der Waals surface area contributed by atoms with Crippen molar-refractivity contribution in [3.63, 3.8) is 0 Å². The van der Waals surface area contributed by atoms with Crippen LogP contribution in [0.15, 0.2) is 42.7 Å². The lowest BCUT2D eigenvalue weighted by atomic mass is 9.62. The van der Waals surface area contributed by atoms with Crippen molar-refractivity contribution in [1.29, 1.82) is 0 Å². The van der Waals surface area contributed by atoms with Gasteiger partial charge in [-0.25, -0.2) is 9.67 Å². The number of hydrogen-bond donors (Lipinski definition) is 2. The van der Waals surface area contributed by atoms with Crippen LogP contribution in [-0.2, 0) is 12.0 Å². The number of benzene rings is 1. The molecule has 2 aromatic heterocycles. The summed E-state index contributed by atoms with van der Waals surface area (Å²) >= 11 is 0. The maximum absolute atomic E-state index is 12.6. The van der Waals surface area contributed by atoms with Crippen LogP contribution in [0, 0.1) is 5.41 Å². The van der Waals surface area contributed by atoms with E-state index in [9.17, 15) is 10.2 Å². The topological polar surface area (TPSA) is 87.3 Å². The average Bonchev–Trinajstić information content (AvgIpc) is 3.61. The van der Waals surface area contributed by atoms with Gasteiger partial charge in [0.25, 0.3) is 0 Å². The highest BCUT2D eigenvalue weighted by molar-refractivity contribution is 5.56. The highest BCUT2D eigenvalue weighted by atomic mass is 16.3. The molecule has 7 heteroatoms. The molecule has 3 heterocycles. The van der Waals surface area contributed by atoms with Gasteiger partial charge in [-0.05, 0) is 62.3 Å². The quantitative estimate of drug-likeness (QED) is 0.474. The Morgan fingerprint density at radius 3 is 2.35 bits per heavy atom. The van der Waals surface area contributed by atoms with Gasteiger partial charge in [0.15, 0.2) is 5.82 Å². The first-order valence-corrected chi connectivity index (χ1v) is 13.8. The molecule has 2 saturated carbocycles. The average molecular weight is 502 g/mol. The van der Waals surface area contributed by atoms with Crippen LogP contribution < -0.4 is 0 Å². The van der Waals surface area contributed by atoms with Gasteiger partial charge in [-0.2, -0.15) is 5.10 Å². The van der Waals surface area contributed by atoms with Gasteiger partial charge in [-0.15, -0.1) is 0 Å². The molecule has 1 atom stereocenters. The summed E-state index contributed by atoms with van der Waals surface area (Å²) in [5.41, 5.74) is 1.49. The van der Waals surface area contributed by atoms with Crippen molar-refractivity contribution < 1.29 is 10.2 Å². The Labute approximate surface area is 219 Å². The summed E-state index contributed by atoms with van der Waals surface area (Å²) in [6.45, 7) is 8.10. The summed E-state index contributed by atoms with van der Waals surface area (Å²) in [7, 11) is 2.09. The molecule has 0 bridgehead atoms. The predicted octanol–water partition coefficient (Wildman–Crippen LogP) is 4.44. The molecule has 1 aromatic carbocycles. The summed E-state index contributed by atoms with van der Waals surface area (Å²) < 4.78 is 2.03. The Hall–Kier alpha value is -2.61. The van der Waals surface area contributed by atoms with Crippen molar-refractivity contribution in [2.24, 2.45) is 5.41 Å². The number of rotatable bonds is 8. The van der Waals surface area contributed by atoms with Gasteiger partial charge in [0.1, 0.15) is 11.4 Å². The van der Waals surface area contributed by atoms with Crippen LogP contribution in [0.4, 0.5) is 0 Å². The molecule has 1 saturated heterocycles. The van der Waals surface area contributed by atoms with E-state index in [4.69, 9.17) is 10.1 Å². The Bertz CT molecular complexity index is 1290. The molecule has 196 valence electrons. The first-order chi connectivity index (χ1) is 17.6. The smallest absolute Gasteiger partial charge is 0.182 e. The molecule has 37 heavy (non-hydrogen) atoms. The van der Waals surface area contributed by atoms with E-state index >= 15 is 0 Å². The lowest BCUT2D eigenvalue weighted by Gasteiger charge is -2.55. The maximum atomic E-state index is 12.6. The Balaban J connectivity index is 1.40. The lowest BCUT2D eigenvalue weighted by molar-refractivity contribution is -0.127. The zero-order valence-electron chi connectivity index (χ0n) is 22.5. The van der Waals surface area contributed by atoms with E-state index in [1.165, 1.54) is 5.56 Å². The fourth-order valence-corrected chi connectivity index (χ4v) is 6.37. The van der Waals surface area contributed by atoms with Crippen molar-refractivity contribution in [1.82, 2.24) is 24.6 Å². The van der Waals surface area contributed by atoms with Crippen LogP contribution in [0.3, 0.4) is 0 Å². The number of likely N-dealkylation sites (tertiary alicyclic amines) is 1. The number of nitrogens with zero attached hydrogens (tertiary/aromatic N) is 5. The molecule has 0 spiro atoms. The van der Waals surface area contributed by atoms with Crippen molar-refractivity contribution in [2.75, 3.05) is 20.1 Å². The molecule has 3 aromatic rings. The number of aliphatic hydroxyl groups is 2. The summed E-state index contributed by atoms with van der Waals surface area (Å²) in [5, 5.41) is 28.3. The molecule has 7 nitrogen and oxygen atoms in total. The summed E-state index contributed by atoms with van der Waals surface area (Å²) in [6.07, 6.45) is 9.04. The van der Waals surface area contributed by atoms with E-state index < -0.39 is 11.2 Å². The summed E-state index contributed by atoms with van der Waals surface area (Å²) in [6, 6.07) is 10.8. The normalized spacial score (nSPS) is 22.4. The molecule has 0 amide bonds. The third kappa shape index (κ3) is 4.21. The minimum atomic E-state index is -1.21. The largest absolute Gasteiger partial charge is 0.389 e. The Kier molecular flexibility index (Phi) is 5.82. The second kappa shape index (κ2) is 8.72. The minimum Gasteiger partial charge on any atom is -0.389 e. The van der Waals surface area contributed by atoms with Gasteiger partial charge in [0.2, 0.25) is 0 Å².